The number of benzene rings is 1. The highest BCUT2D eigenvalue weighted by Crippen LogP contribution is 2.34. The Morgan fingerprint density at radius 3 is 3.00 bits per heavy atom. The number of methoxy groups -OCH3 is 1. The highest BCUT2D eigenvalue weighted by atomic mass is 32.2. The Morgan fingerprint density at radius 2 is 2.22 bits per heavy atom. The lowest BCUT2D eigenvalue weighted by atomic mass is 9.96. The van der Waals surface area contributed by atoms with E-state index in [2.05, 4.69) is 4.74 Å². The van der Waals surface area contributed by atoms with E-state index in [4.69, 9.17) is 4.74 Å². The van der Waals surface area contributed by atoms with Crippen molar-refractivity contribution in [3.05, 3.63) is 35.4 Å². The number of rotatable bonds is 4. The molecule has 2 rings (SSSR count). The minimum atomic E-state index is -0.431. The van der Waals surface area contributed by atoms with Crippen LogP contribution in [0.2, 0.25) is 0 Å². The summed E-state index contributed by atoms with van der Waals surface area (Å²) >= 11 is 1.30. The molecule has 5 heteroatoms. The van der Waals surface area contributed by atoms with Gasteiger partial charge in [0.1, 0.15) is 6.61 Å². The van der Waals surface area contributed by atoms with Crippen LogP contribution in [0, 0.1) is 0 Å². The molecule has 0 saturated carbocycles. The molecule has 4 nitrogen and oxygen atoms in total. The predicted octanol–water partition coefficient (Wildman–Crippen LogP) is 1.73. The van der Waals surface area contributed by atoms with E-state index in [1.165, 1.54) is 18.9 Å². The highest BCUT2D eigenvalue weighted by Gasteiger charge is 2.28. The maximum absolute atomic E-state index is 11.9. The second-order valence-electron chi connectivity index (χ2n) is 3.95. The summed E-state index contributed by atoms with van der Waals surface area (Å²) in [6.07, 6.45) is 0. The average Bonchev–Trinajstić information content (AvgIpc) is 2.41. The van der Waals surface area contributed by atoms with Gasteiger partial charge < -0.3 is 9.47 Å². The molecule has 1 aromatic carbocycles. The summed E-state index contributed by atoms with van der Waals surface area (Å²) in [5.74, 6) is -0.00788. The summed E-state index contributed by atoms with van der Waals surface area (Å²) in [7, 11) is 1.31. The zero-order valence-corrected chi connectivity index (χ0v) is 10.9. The van der Waals surface area contributed by atoms with Crippen molar-refractivity contribution in [2.24, 2.45) is 0 Å². The van der Waals surface area contributed by atoms with Crippen molar-refractivity contribution in [3.63, 3.8) is 0 Å². The van der Waals surface area contributed by atoms with E-state index in [1.807, 2.05) is 24.3 Å². The number of thioether (sulfide) groups is 1. The van der Waals surface area contributed by atoms with E-state index in [1.54, 1.807) is 0 Å². The van der Waals surface area contributed by atoms with Gasteiger partial charge >= 0.3 is 5.97 Å². The molecule has 1 aromatic rings. The first-order chi connectivity index (χ1) is 8.72. The van der Waals surface area contributed by atoms with E-state index in [0.29, 0.717) is 5.75 Å². The molecule has 1 heterocycles. The molecule has 0 aliphatic carbocycles. The van der Waals surface area contributed by atoms with Gasteiger partial charge in [-0.1, -0.05) is 36.0 Å². The molecule has 0 fully saturated rings. The maximum Gasteiger partial charge on any atom is 0.331 e. The number of ether oxygens (including phenoxy) is 2. The normalized spacial score (nSPS) is 18.3. The van der Waals surface area contributed by atoms with Gasteiger partial charge in [-0.2, -0.15) is 0 Å². The molecule has 1 unspecified atom stereocenters. The zero-order valence-electron chi connectivity index (χ0n) is 10.0. The van der Waals surface area contributed by atoms with Crippen LogP contribution in [0.4, 0.5) is 0 Å². The molecular weight excluding hydrogens is 252 g/mol. The largest absolute Gasteiger partial charge is 0.467 e. The molecular formula is C13H14O4S. The highest BCUT2D eigenvalue weighted by molar-refractivity contribution is 8.13. The fraction of sp³-hybridized carbons (Fsp3) is 0.385. The van der Waals surface area contributed by atoms with Crippen LogP contribution in [0.3, 0.4) is 0 Å². The smallest absolute Gasteiger partial charge is 0.331 e. The Labute approximate surface area is 110 Å². The summed E-state index contributed by atoms with van der Waals surface area (Å²) in [6.45, 7) is 0.102. The molecule has 1 aliphatic rings. The minimum Gasteiger partial charge on any atom is -0.467 e. The molecule has 96 valence electrons. The number of fused-ring (bicyclic) bond motifs is 1. The van der Waals surface area contributed by atoms with Crippen LogP contribution in [-0.4, -0.2) is 31.4 Å². The Bertz CT molecular complexity index is 458. The van der Waals surface area contributed by atoms with Gasteiger partial charge in [0.25, 0.3) is 0 Å². The molecule has 0 aromatic heterocycles. The number of hydrogen-bond acceptors (Lipinski definition) is 5. The monoisotopic (exact) mass is 266 g/mol. The molecule has 18 heavy (non-hydrogen) atoms. The lowest BCUT2D eigenvalue weighted by molar-refractivity contribution is -0.146. The third-order valence-corrected chi connectivity index (χ3v) is 3.84. The van der Waals surface area contributed by atoms with Crippen LogP contribution in [0.15, 0.2) is 24.3 Å². The minimum absolute atomic E-state index is 0.0959. The lowest BCUT2D eigenvalue weighted by Crippen LogP contribution is -2.23. The predicted molar refractivity (Wildman–Crippen MR) is 68.3 cm³/mol. The number of hydrogen-bond donors (Lipinski definition) is 0. The quantitative estimate of drug-likeness (QED) is 0.777. The third kappa shape index (κ3) is 2.91. The van der Waals surface area contributed by atoms with Gasteiger partial charge in [-0.3, -0.25) is 4.79 Å². The summed E-state index contributed by atoms with van der Waals surface area (Å²) in [4.78, 5) is 22.8. The second-order valence-corrected chi connectivity index (χ2v) is 4.93. The van der Waals surface area contributed by atoms with Crippen molar-refractivity contribution in [3.8, 4) is 0 Å². The van der Waals surface area contributed by atoms with E-state index < -0.39 is 5.97 Å². The summed E-state index contributed by atoms with van der Waals surface area (Å²) in [5, 5.41) is 0.0959. The SMILES string of the molecule is COC(=O)COCC1C(=O)SCc2ccccc21. The first-order valence-electron chi connectivity index (χ1n) is 5.61. The number of esters is 1. The van der Waals surface area contributed by atoms with Crippen molar-refractivity contribution >= 4 is 22.8 Å². The van der Waals surface area contributed by atoms with Gasteiger partial charge in [-0.15, -0.1) is 0 Å². The molecule has 0 amide bonds. The number of carbonyl (C=O) groups excluding carboxylic acids is 2. The van der Waals surface area contributed by atoms with Gasteiger partial charge in [-0.25, -0.2) is 4.79 Å². The van der Waals surface area contributed by atoms with Crippen LogP contribution in [0.1, 0.15) is 17.0 Å². The van der Waals surface area contributed by atoms with Gasteiger partial charge in [0.15, 0.2) is 5.12 Å². The average molecular weight is 266 g/mol. The van der Waals surface area contributed by atoms with E-state index in [9.17, 15) is 9.59 Å². The first kappa shape index (κ1) is 13.1. The summed E-state index contributed by atoms with van der Waals surface area (Å²) in [5.41, 5.74) is 2.17. The fourth-order valence-corrected chi connectivity index (χ4v) is 2.82. The van der Waals surface area contributed by atoms with Crippen molar-refractivity contribution in [2.75, 3.05) is 20.3 Å². The summed E-state index contributed by atoms with van der Waals surface area (Å²) < 4.78 is 9.73. The van der Waals surface area contributed by atoms with E-state index >= 15 is 0 Å². The van der Waals surface area contributed by atoms with Gasteiger partial charge in [-0.05, 0) is 11.1 Å². The molecule has 0 N–H and O–H groups in total. The Hall–Kier alpha value is -1.33. The zero-order chi connectivity index (χ0) is 13.0. The van der Waals surface area contributed by atoms with Crippen molar-refractivity contribution < 1.29 is 19.1 Å². The van der Waals surface area contributed by atoms with Crippen LogP contribution in [-0.2, 0) is 24.8 Å². The molecule has 1 aliphatic heterocycles. The topological polar surface area (TPSA) is 52.6 Å². The van der Waals surface area contributed by atoms with Crippen molar-refractivity contribution in [2.45, 2.75) is 11.7 Å². The van der Waals surface area contributed by atoms with Gasteiger partial charge in [0.05, 0.1) is 19.6 Å². The summed E-state index contributed by atoms with van der Waals surface area (Å²) in [6, 6.07) is 7.83. The fourth-order valence-electron chi connectivity index (χ4n) is 1.86. The van der Waals surface area contributed by atoms with Gasteiger partial charge in [0.2, 0.25) is 0 Å². The third-order valence-electron chi connectivity index (χ3n) is 2.82. The number of carbonyl (C=O) groups is 2. The standard InChI is InChI=1S/C13H14O4S/c1-16-12(14)7-17-6-11-10-5-3-2-4-9(10)8-18-13(11)15/h2-5,11H,6-8H2,1H3. The molecule has 0 saturated heterocycles. The molecule has 0 bridgehead atoms. The molecule has 0 spiro atoms. The lowest BCUT2D eigenvalue weighted by Gasteiger charge is -2.23. The maximum atomic E-state index is 11.9. The molecule has 1 atom stereocenters. The van der Waals surface area contributed by atoms with E-state index in [0.717, 1.165) is 11.1 Å². The van der Waals surface area contributed by atoms with Crippen LogP contribution in [0.5, 0.6) is 0 Å². The Balaban J connectivity index is 2.03. The first-order valence-corrected chi connectivity index (χ1v) is 6.60. The van der Waals surface area contributed by atoms with Gasteiger partial charge in [0, 0.05) is 5.75 Å². The van der Waals surface area contributed by atoms with Crippen LogP contribution < -0.4 is 0 Å². The van der Waals surface area contributed by atoms with E-state index in [-0.39, 0.29) is 24.2 Å². The second kappa shape index (κ2) is 6.02. The van der Waals surface area contributed by atoms with Crippen LogP contribution >= 0.6 is 11.8 Å². The molecule has 0 radical (unpaired) electrons. The Kier molecular flexibility index (Phi) is 4.38. The van der Waals surface area contributed by atoms with Crippen molar-refractivity contribution in [1.29, 1.82) is 0 Å². The van der Waals surface area contributed by atoms with Crippen LogP contribution in [0.25, 0.3) is 0 Å². The van der Waals surface area contributed by atoms with Crippen molar-refractivity contribution in [1.82, 2.24) is 0 Å². The Morgan fingerprint density at radius 1 is 1.44 bits per heavy atom.